The maximum atomic E-state index is 11.7. The third kappa shape index (κ3) is 10.9. The molecule has 0 spiro atoms. The van der Waals surface area contributed by atoms with Crippen molar-refractivity contribution < 1.29 is 13.2 Å². The molecule has 1 aliphatic carbocycles. The zero-order valence-corrected chi connectivity index (χ0v) is 19.6. The van der Waals surface area contributed by atoms with E-state index in [-0.39, 0.29) is 29.7 Å². The Labute approximate surface area is 176 Å². The number of aliphatic imine (C=N–C) groups is 1. The minimum Gasteiger partial charge on any atom is -0.376 e. The smallest absolute Gasteiger partial charge is 0.213 e. The van der Waals surface area contributed by atoms with Crippen molar-refractivity contribution in [2.24, 2.45) is 4.99 Å². The van der Waals surface area contributed by atoms with Gasteiger partial charge in [-0.25, -0.2) is 12.7 Å². The number of hydrogen-bond acceptors (Lipinski definition) is 4. The monoisotopic (exact) mass is 504 g/mol. The molecule has 0 bridgehead atoms. The zero-order valence-electron chi connectivity index (χ0n) is 16.5. The molecule has 1 rings (SSSR count). The highest BCUT2D eigenvalue weighted by atomic mass is 127. The van der Waals surface area contributed by atoms with Gasteiger partial charge < -0.3 is 15.4 Å². The quantitative estimate of drug-likeness (QED) is 0.157. The Bertz CT molecular complexity index is 480. The Morgan fingerprint density at radius 1 is 1.15 bits per heavy atom. The van der Waals surface area contributed by atoms with Crippen LogP contribution in [0, 0.1) is 0 Å². The van der Waals surface area contributed by atoms with E-state index in [1.165, 1.54) is 42.8 Å². The van der Waals surface area contributed by atoms with Crippen molar-refractivity contribution in [1.29, 1.82) is 0 Å². The van der Waals surface area contributed by atoms with E-state index in [4.69, 9.17) is 4.74 Å². The molecular formula is C17H37IN4O3S. The van der Waals surface area contributed by atoms with Crippen LogP contribution < -0.4 is 10.6 Å². The van der Waals surface area contributed by atoms with Crippen LogP contribution in [0.5, 0.6) is 0 Å². The molecule has 0 aliphatic heterocycles. The molecule has 1 saturated carbocycles. The molecule has 0 heterocycles. The summed E-state index contributed by atoms with van der Waals surface area (Å²) in [6.07, 6.45) is 8.74. The van der Waals surface area contributed by atoms with Gasteiger partial charge in [0.15, 0.2) is 5.96 Å². The highest BCUT2D eigenvalue weighted by molar-refractivity contribution is 14.0. The lowest BCUT2D eigenvalue weighted by molar-refractivity contribution is 0.0468. The Morgan fingerprint density at radius 3 is 2.35 bits per heavy atom. The minimum absolute atomic E-state index is 0. The van der Waals surface area contributed by atoms with Crippen molar-refractivity contribution in [3.05, 3.63) is 0 Å². The van der Waals surface area contributed by atoms with Crippen molar-refractivity contribution in [2.75, 3.05) is 46.1 Å². The largest absolute Gasteiger partial charge is 0.376 e. The van der Waals surface area contributed by atoms with Crippen LogP contribution in [0.2, 0.25) is 0 Å². The molecule has 0 radical (unpaired) electrons. The van der Waals surface area contributed by atoms with E-state index in [1.54, 1.807) is 21.0 Å². The number of rotatable bonds is 10. The Balaban J connectivity index is 0.00000625. The molecule has 26 heavy (non-hydrogen) atoms. The van der Waals surface area contributed by atoms with Crippen LogP contribution in [0.1, 0.15) is 51.9 Å². The van der Waals surface area contributed by atoms with Gasteiger partial charge in [-0.15, -0.1) is 24.0 Å². The average molecular weight is 504 g/mol. The molecule has 0 aromatic heterocycles. The summed E-state index contributed by atoms with van der Waals surface area (Å²) in [5.74, 6) is 0.867. The molecule has 1 aliphatic rings. The summed E-state index contributed by atoms with van der Waals surface area (Å²) >= 11 is 0. The predicted octanol–water partition coefficient (Wildman–Crippen LogP) is 2.18. The minimum atomic E-state index is -3.09. The highest BCUT2D eigenvalue weighted by Crippen LogP contribution is 2.19. The molecule has 1 fully saturated rings. The fourth-order valence-corrected chi connectivity index (χ4v) is 3.74. The number of nitrogens with one attached hydrogen (secondary N) is 2. The van der Waals surface area contributed by atoms with Gasteiger partial charge in [0.25, 0.3) is 0 Å². The second-order valence-electron chi connectivity index (χ2n) is 6.49. The summed E-state index contributed by atoms with van der Waals surface area (Å²) in [4.78, 5) is 4.18. The highest BCUT2D eigenvalue weighted by Gasteiger charge is 2.14. The molecule has 2 N–H and O–H groups in total. The molecule has 0 saturated heterocycles. The van der Waals surface area contributed by atoms with E-state index in [2.05, 4.69) is 15.6 Å². The van der Waals surface area contributed by atoms with Crippen LogP contribution >= 0.6 is 24.0 Å². The van der Waals surface area contributed by atoms with Gasteiger partial charge in [0.2, 0.25) is 10.0 Å². The lowest BCUT2D eigenvalue weighted by Gasteiger charge is -2.18. The van der Waals surface area contributed by atoms with Crippen molar-refractivity contribution in [3.8, 4) is 0 Å². The van der Waals surface area contributed by atoms with E-state index in [0.717, 1.165) is 18.9 Å². The first kappa shape index (κ1) is 25.9. The van der Waals surface area contributed by atoms with Gasteiger partial charge in [-0.3, -0.25) is 4.99 Å². The summed E-state index contributed by atoms with van der Waals surface area (Å²) in [7, 11) is 0.261. The summed E-state index contributed by atoms with van der Waals surface area (Å²) in [6.45, 7) is 4.24. The maximum absolute atomic E-state index is 11.7. The average Bonchev–Trinajstić information content (AvgIpc) is 2.88. The second-order valence-corrected chi connectivity index (χ2v) is 8.85. The summed E-state index contributed by atoms with van der Waals surface area (Å²) in [5, 5.41) is 6.44. The normalized spacial score (nSPS) is 16.8. The topological polar surface area (TPSA) is 83.0 Å². The molecule has 7 nitrogen and oxygen atoms in total. The van der Waals surface area contributed by atoms with Crippen molar-refractivity contribution >= 4 is 40.0 Å². The van der Waals surface area contributed by atoms with Gasteiger partial charge >= 0.3 is 0 Å². The van der Waals surface area contributed by atoms with Crippen molar-refractivity contribution in [1.82, 2.24) is 14.9 Å². The molecule has 0 aromatic carbocycles. The summed E-state index contributed by atoms with van der Waals surface area (Å²) in [6, 6.07) is 0. The van der Waals surface area contributed by atoms with Crippen LogP contribution in [0.4, 0.5) is 0 Å². The second kappa shape index (κ2) is 14.9. The fourth-order valence-electron chi connectivity index (χ4n) is 2.89. The maximum Gasteiger partial charge on any atom is 0.213 e. The van der Waals surface area contributed by atoms with E-state index in [0.29, 0.717) is 25.8 Å². The lowest BCUT2D eigenvalue weighted by Crippen LogP contribution is -2.40. The number of nitrogens with zero attached hydrogens (tertiary/aromatic N) is 2. The fraction of sp³-hybridized carbons (Fsp3) is 0.941. The predicted molar refractivity (Wildman–Crippen MR) is 119 cm³/mol. The van der Waals surface area contributed by atoms with Crippen LogP contribution in [0.25, 0.3) is 0 Å². The first-order chi connectivity index (χ1) is 12.0. The first-order valence-corrected chi connectivity index (χ1v) is 11.1. The third-order valence-electron chi connectivity index (χ3n) is 4.56. The number of halogens is 1. The van der Waals surface area contributed by atoms with Crippen LogP contribution in [0.3, 0.4) is 0 Å². The molecule has 0 amide bonds. The van der Waals surface area contributed by atoms with Gasteiger partial charge in [0.05, 0.1) is 18.5 Å². The number of guanidine groups is 1. The molecule has 0 unspecified atom stereocenters. The lowest BCUT2D eigenvalue weighted by atomic mass is 10.1. The molecule has 0 aromatic rings. The van der Waals surface area contributed by atoms with Crippen LogP contribution in [0.15, 0.2) is 4.99 Å². The number of sulfonamides is 1. The van der Waals surface area contributed by atoms with Gasteiger partial charge in [0, 0.05) is 33.7 Å². The Morgan fingerprint density at radius 2 is 1.77 bits per heavy atom. The number of hydrogen-bond donors (Lipinski definition) is 2. The standard InChI is InChI=1S/C17H36N4O3S.HI/c1-4-25(22,23)21(3)14-9-12-19-17(18-2)20-13-15-24-16-10-7-5-6-8-11-16;/h16H,4-15H2,1-3H3,(H2,18,19,20);1H. The SMILES string of the molecule is CCS(=O)(=O)N(C)CCCNC(=NC)NCCOC1CCCCCC1.I. The zero-order chi connectivity index (χ0) is 18.5. The van der Waals surface area contributed by atoms with Crippen molar-refractivity contribution in [3.63, 3.8) is 0 Å². The van der Waals surface area contributed by atoms with Crippen LogP contribution in [-0.2, 0) is 14.8 Å². The molecule has 0 atom stereocenters. The van der Waals surface area contributed by atoms with E-state index in [9.17, 15) is 8.42 Å². The van der Waals surface area contributed by atoms with E-state index >= 15 is 0 Å². The van der Waals surface area contributed by atoms with Gasteiger partial charge in [0.1, 0.15) is 0 Å². The van der Waals surface area contributed by atoms with E-state index in [1.807, 2.05) is 0 Å². The van der Waals surface area contributed by atoms with Gasteiger partial charge in [-0.05, 0) is 26.2 Å². The molecule has 9 heteroatoms. The van der Waals surface area contributed by atoms with Gasteiger partial charge in [-0.1, -0.05) is 25.7 Å². The first-order valence-electron chi connectivity index (χ1n) is 9.49. The number of ether oxygens (including phenoxy) is 1. The van der Waals surface area contributed by atoms with Gasteiger partial charge in [-0.2, -0.15) is 0 Å². The Kier molecular flexibility index (Phi) is 14.8. The molecule has 156 valence electrons. The van der Waals surface area contributed by atoms with Crippen LogP contribution in [-0.4, -0.2) is 70.9 Å². The third-order valence-corrected chi connectivity index (χ3v) is 6.42. The van der Waals surface area contributed by atoms with Crippen molar-refractivity contribution in [2.45, 2.75) is 58.0 Å². The Hall–Kier alpha value is -0.130. The summed E-state index contributed by atoms with van der Waals surface area (Å²) in [5.41, 5.74) is 0. The molecular weight excluding hydrogens is 467 g/mol. The summed E-state index contributed by atoms with van der Waals surface area (Å²) < 4.78 is 30.7. The van der Waals surface area contributed by atoms with E-state index < -0.39 is 10.0 Å².